The van der Waals surface area contributed by atoms with E-state index in [1.165, 1.54) is 0 Å². The predicted molar refractivity (Wildman–Crippen MR) is 63.1 cm³/mol. The van der Waals surface area contributed by atoms with E-state index in [0.29, 0.717) is 6.54 Å². The highest BCUT2D eigenvalue weighted by molar-refractivity contribution is 5.35. The highest BCUT2D eigenvalue weighted by atomic mass is 15.0. The lowest BCUT2D eigenvalue weighted by atomic mass is 10.3. The van der Waals surface area contributed by atoms with Gasteiger partial charge in [-0.2, -0.15) is 0 Å². The molecule has 0 spiro atoms. The van der Waals surface area contributed by atoms with Crippen molar-refractivity contribution < 1.29 is 0 Å². The Kier molecular flexibility index (Phi) is 3.10. The minimum Gasteiger partial charge on any atom is -0.364 e. The fourth-order valence-electron chi connectivity index (χ4n) is 1.33. The Labute approximate surface area is 94.8 Å². The molecule has 4 heteroatoms. The molecule has 0 unspecified atom stereocenters. The zero-order valence-electron chi connectivity index (χ0n) is 9.44. The Balaban J connectivity index is 1.99. The summed E-state index contributed by atoms with van der Waals surface area (Å²) in [7, 11) is 0. The number of rotatable bonds is 3. The van der Waals surface area contributed by atoms with E-state index >= 15 is 0 Å². The summed E-state index contributed by atoms with van der Waals surface area (Å²) >= 11 is 0. The van der Waals surface area contributed by atoms with Gasteiger partial charge < -0.3 is 5.32 Å². The van der Waals surface area contributed by atoms with Gasteiger partial charge in [0.2, 0.25) is 0 Å². The lowest BCUT2D eigenvalue weighted by Gasteiger charge is -2.05. The van der Waals surface area contributed by atoms with Crippen molar-refractivity contribution in [2.75, 3.05) is 5.32 Å². The number of nitrogens with zero attached hydrogens (tertiary/aromatic N) is 3. The van der Waals surface area contributed by atoms with Gasteiger partial charge in [-0.1, -0.05) is 6.07 Å². The first-order valence-corrected chi connectivity index (χ1v) is 5.19. The number of anilines is 1. The average molecular weight is 214 g/mol. The molecule has 4 nitrogen and oxygen atoms in total. The summed E-state index contributed by atoms with van der Waals surface area (Å²) in [5, 5.41) is 3.21. The molecule has 0 radical (unpaired) electrons. The molecule has 0 saturated carbocycles. The van der Waals surface area contributed by atoms with Crippen molar-refractivity contribution in [3.05, 3.63) is 47.7 Å². The molecule has 2 aromatic rings. The SMILES string of the molecule is Cc1cnc(CNc2cccc(C)n2)cn1. The maximum Gasteiger partial charge on any atom is 0.126 e. The van der Waals surface area contributed by atoms with Crippen LogP contribution in [0.5, 0.6) is 0 Å². The van der Waals surface area contributed by atoms with E-state index in [1.807, 2.05) is 32.0 Å². The van der Waals surface area contributed by atoms with E-state index < -0.39 is 0 Å². The number of aryl methyl sites for hydroxylation is 2. The van der Waals surface area contributed by atoms with Crippen molar-refractivity contribution in [1.29, 1.82) is 0 Å². The summed E-state index contributed by atoms with van der Waals surface area (Å²) in [4.78, 5) is 12.8. The van der Waals surface area contributed by atoms with Gasteiger partial charge in [-0.3, -0.25) is 9.97 Å². The Morgan fingerprint density at radius 1 is 1.06 bits per heavy atom. The van der Waals surface area contributed by atoms with Crippen LogP contribution in [0.2, 0.25) is 0 Å². The normalized spacial score (nSPS) is 10.1. The Morgan fingerprint density at radius 3 is 2.62 bits per heavy atom. The molecule has 0 fully saturated rings. The number of pyridine rings is 1. The molecule has 0 aliphatic carbocycles. The Morgan fingerprint density at radius 2 is 1.94 bits per heavy atom. The maximum absolute atomic E-state index is 4.35. The van der Waals surface area contributed by atoms with Crippen LogP contribution in [0.15, 0.2) is 30.6 Å². The fraction of sp³-hybridized carbons (Fsp3) is 0.250. The summed E-state index contributed by atoms with van der Waals surface area (Å²) in [6.07, 6.45) is 3.54. The maximum atomic E-state index is 4.35. The molecule has 16 heavy (non-hydrogen) atoms. The first kappa shape index (κ1) is 10.5. The van der Waals surface area contributed by atoms with Gasteiger partial charge in [0.1, 0.15) is 5.82 Å². The zero-order chi connectivity index (χ0) is 11.4. The number of nitrogens with one attached hydrogen (secondary N) is 1. The molecule has 2 aromatic heterocycles. The molecule has 0 atom stereocenters. The number of hydrogen-bond donors (Lipinski definition) is 1. The van der Waals surface area contributed by atoms with Gasteiger partial charge in [0.05, 0.1) is 24.1 Å². The van der Waals surface area contributed by atoms with Crippen LogP contribution in [0, 0.1) is 13.8 Å². The molecule has 0 aliphatic rings. The lowest BCUT2D eigenvalue weighted by Crippen LogP contribution is -2.04. The van der Waals surface area contributed by atoms with E-state index in [9.17, 15) is 0 Å². The molecule has 0 bridgehead atoms. The van der Waals surface area contributed by atoms with E-state index in [2.05, 4.69) is 20.3 Å². The van der Waals surface area contributed by atoms with Gasteiger partial charge in [-0.15, -0.1) is 0 Å². The molecule has 0 aliphatic heterocycles. The topological polar surface area (TPSA) is 50.7 Å². The summed E-state index contributed by atoms with van der Waals surface area (Å²) in [6, 6.07) is 5.89. The smallest absolute Gasteiger partial charge is 0.126 e. The monoisotopic (exact) mass is 214 g/mol. The van der Waals surface area contributed by atoms with Crippen LogP contribution in [-0.2, 0) is 6.54 Å². The molecular weight excluding hydrogens is 200 g/mol. The summed E-state index contributed by atoms with van der Waals surface area (Å²) in [5.41, 5.74) is 2.84. The molecule has 2 rings (SSSR count). The molecule has 2 heterocycles. The largest absolute Gasteiger partial charge is 0.364 e. The van der Waals surface area contributed by atoms with Crippen molar-refractivity contribution >= 4 is 5.82 Å². The van der Waals surface area contributed by atoms with Gasteiger partial charge in [0.15, 0.2) is 0 Å². The highest BCUT2D eigenvalue weighted by Gasteiger charge is 1.97. The number of hydrogen-bond acceptors (Lipinski definition) is 4. The molecule has 0 aromatic carbocycles. The second-order valence-electron chi connectivity index (χ2n) is 3.67. The van der Waals surface area contributed by atoms with E-state index in [0.717, 1.165) is 22.9 Å². The van der Waals surface area contributed by atoms with Crippen LogP contribution in [0.4, 0.5) is 5.82 Å². The second kappa shape index (κ2) is 4.70. The average Bonchev–Trinajstić information content (AvgIpc) is 2.28. The summed E-state index contributed by atoms with van der Waals surface area (Å²) in [6.45, 7) is 4.53. The van der Waals surface area contributed by atoms with Crippen LogP contribution < -0.4 is 5.32 Å². The van der Waals surface area contributed by atoms with Crippen LogP contribution in [0.1, 0.15) is 17.1 Å². The minimum atomic E-state index is 0.643. The third-order valence-electron chi connectivity index (χ3n) is 2.17. The first-order chi connectivity index (χ1) is 7.74. The van der Waals surface area contributed by atoms with Gasteiger partial charge >= 0.3 is 0 Å². The zero-order valence-corrected chi connectivity index (χ0v) is 9.44. The van der Waals surface area contributed by atoms with E-state index in [-0.39, 0.29) is 0 Å². The van der Waals surface area contributed by atoms with Gasteiger partial charge in [-0.25, -0.2) is 4.98 Å². The quantitative estimate of drug-likeness (QED) is 0.850. The van der Waals surface area contributed by atoms with Crippen molar-refractivity contribution in [2.45, 2.75) is 20.4 Å². The summed E-state index contributed by atoms with van der Waals surface area (Å²) in [5.74, 6) is 0.863. The van der Waals surface area contributed by atoms with E-state index in [4.69, 9.17) is 0 Å². The van der Waals surface area contributed by atoms with Gasteiger partial charge in [-0.05, 0) is 26.0 Å². The van der Waals surface area contributed by atoms with Crippen LogP contribution in [-0.4, -0.2) is 15.0 Å². The molecular formula is C12H14N4. The van der Waals surface area contributed by atoms with Crippen molar-refractivity contribution in [3.63, 3.8) is 0 Å². The molecule has 0 amide bonds. The van der Waals surface area contributed by atoms with Crippen molar-refractivity contribution in [2.24, 2.45) is 0 Å². The summed E-state index contributed by atoms with van der Waals surface area (Å²) < 4.78 is 0. The third kappa shape index (κ3) is 2.76. The molecule has 1 N–H and O–H groups in total. The molecule has 0 saturated heterocycles. The van der Waals surface area contributed by atoms with Gasteiger partial charge in [0, 0.05) is 11.9 Å². The Hall–Kier alpha value is -1.97. The van der Waals surface area contributed by atoms with Crippen LogP contribution >= 0.6 is 0 Å². The highest BCUT2D eigenvalue weighted by Crippen LogP contribution is 2.05. The van der Waals surface area contributed by atoms with Crippen LogP contribution in [0.3, 0.4) is 0 Å². The Bertz CT molecular complexity index is 465. The van der Waals surface area contributed by atoms with Crippen LogP contribution in [0.25, 0.3) is 0 Å². The third-order valence-corrected chi connectivity index (χ3v) is 2.17. The fourth-order valence-corrected chi connectivity index (χ4v) is 1.33. The number of aromatic nitrogens is 3. The first-order valence-electron chi connectivity index (χ1n) is 5.19. The lowest BCUT2D eigenvalue weighted by molar-refractivity contribution is 0.974. The predicted octanol–water partition coefficient (Wildman–Crippen LogP) is 2.10. The van der Waals surface area contributed by atoms with Gasteiger partial charge in [0.25, 0.3) is 0 Å². The van der Waals surface area contributed by atoms with E-state index in [1.54, 1.807) is 12.4 Å². The second-order valence-corrected chi connectivity index (χ2v) is 3.67. The minimum absolute atomic E-state index is 0.643. The van der Waals surface area contributed by atoms with Crippen molar-refractivity contribution in [1.82, 2.24) is 15.0 Å². The molecule has 82 valence electrons. The van der Waals surface area contributed by atoms with Crippen molar-refractivity contribution in [3.8, 4) is 0 Å². The standard InChI is InChI=1S/C12H14N4/c1-9-4-3-5-12(16-9)15-8-11-7-13-10(2)6-14-11/h3-7H,8H2,1-2H3,(H,15,16).